The zero-order valence-electron chi connectivity index (χ0n) is 18.3. The maximum absolute atomic E-state index is 13.7. The minimum absolute atomic E-state index is 0.0758. The second-order valence-electron chi connectivity index (χ2n) is 7.59. The first-order chi connectivity index (χ1) is 15.6. The highest BCUT2D eigenvalue weighted by Gasteiger charge is 2.20. The molecule has 0 saturated heterocycles. The minimum atomic E-state index is -0.0758. The zero-order chi connectivity index (χ0) is 22.5. The molecule has 0 saturated carbocycles. The average molecular weight is 444 g/mol. The van der Waals surface area contributed by atoms with Crippen LogP contribution in [0.3, 0.4) is 0 Å². The van der Waals surface area contributed by atoms with Crippen LogP contribution in [0.1, 0.15) is 29.9 Å². The number of nitrogens with zero attached hydrogens (tertiary/aromatic N) is 3. The van der Waals surface area contributed by atoms with Crippen molar-refractivity contribution < 1.29 is 4.79 Å². The van der Waals surface area contributed by atoms with E-state index in [9.17, 15) is 4.79 Å². The molecule has 4 aromatic rings. The summed E-state index contributed by atoms with van der Waals surface area (Å²) in [6.07, 6.45) is 0. The van der Waals surface area contributed by atoms with Crippen molar-refractivity contribution in [2.75, 3.05) is 22.9 Å². The van der Waals surface area contributed by atoms with Crippen LogP contribution in [0.2, 0.25) is 5.02 Å². The van der Waals surface area contributed by atoms with E-state index in [2.05, 4.69) is 18.7 Å². The molecule has 0 aliphatic rings. The summed E-state index contributed by atoms with van der Waals surface area (Å²) in [5, 5.41) is 2.78. The van der Waals surface area contributed by atoms with Crippen LogP contribution in [0, 0.1) is 0 Å². The van der Waals surface area contributed by atoms with E-state index < -0.39 is 0 Å². The summed E-state index contributed by atoms with van der Waals surface area (Å²) in [7, 11) is 0. The van der Waals surface area contributed by atoms with Gasteiger partial charge in [0.1, 0.15) is 5.82 Å². The van der Waals surface area contributed by atoms with Gasteiger partial charge in [0.05, 0.1) is 12.2 Å². The predicted molar refractivity (Wildman–Crippen MR) is 134 cm³/mol. The quantitative estimate of drug-likeness (QED) is 0.323. The first kappa shape index (κ1) is 21.8. The molecule has 1 heterocycles. The van der Waals surface area contributed by atoms with Gasteiger partial charge < -0.3 is 9.80 Å². The Morgan fingerprint density at radius 3 is 2.28 bits per heavy atom. The number of carbonyl (C=O) groups excluding carboxylic acids is 1. The van der Waals surface area contributed by atoms with Gasteiger partial charge in [0, 0.05) is 29.4 Å². The van der Waals surface area contributed by atoms with E-state index in [4.69, 9.17) is 16.6 Å². The third-order valence-electron chi connectivity index (χ3n) is 5.58. The van der Waals surface area contributed by atoms with Crippen LogP contribution in [0.25, 0.3) is 10.8 Å². The van der Waals surface area contributed by atoms with Crippen molar-refractivity contribution in [1.82, 2.24) is 4.98 Å². The fourth-order valence-electron chi connectivity index (χ4n) is 3.82. The Kier molecular flexibility index (Phi) is 6.72. The number of anilines is 2. The lowest BCUT2D eigenvalue weighted by atomic mass is 10.1. The molecule has 0 fully saturated rings. The highest BCUT2D eigenvalue weighted by Crippen LogP contribution is 2.24. The summed E-state index contributed by atoms with van der Waals surface area (Å²) in [5.41, 5.74) is 2.25. The van der Waals surface area contributed by atoms with Crippen LogP contribution in [0.4, 0.5) is 11.5 Å². The number of carbonyl (C=O) groups is 1. The summed E-state index contributed by atoms with van der Waals surface area (Å²) < 4.78 is 0. The Bertz CT molecular complexity index is 1220. The third-order valence-corrected chi connectivity index (χ3v) is 5.83. The molecular weight excluding hydrogens is 418 g/mol. The van der Waals surface area contributed by atoms with Crippen molar-refractivity contribution in [3.63, 3.8) is 0 Å². The lowest BCUT2D eigenvalue weighted by molar-refractivity contribution is 0.0985. The average Bonchev–Trinajstić information content (AvgIpc) is 2.83. The van der Waals surface area contributed by atoms with E-state index in [1.54, 1.807) is 17.0 Å². The minimum Gasteiger partial charge on any atom is -0.357 e. The van der Waals surface area contributed by atoms with Gasteiger partial charge in [-0.05, 0) is 73.2 Å². The molecule has 0 spiro atoms. The number of hydrogen-bond acceptors (Lipinski definition) is 3. The van der Waals surface area contributed by atoms with Crippen LogP contribution in [0.5, 0.6) is 0 Å². The van der Waals surface area contributed by atoms with E-state index in [1.807, 2.05) is 72.8 Å². The molecule has 0 N–H and O–H groups in total. The number of rotatable bonds is 7. The molecule has 1 amide bonds. The Balaban J connectivity index is 1.71. The van der Waals surface area contributed by atoms with Gasteiger partial charge in [0.15, 0.2) is 0 Å². The van der Waals surface area contributed by atoms with Gasteiger partial charge in [-0.1, -0.05) is 48.0 Å². The number of fused-ring (bicyclic) bond motifs is 1. The summed E-state index contributed by atoms with van der Waals surface area (Å²) in [6, 6.07) is 27.2. The molecule has 4 nitrogen and oxygen atoms in total. The summed E-state index contributed by atoms with van der Waals surface area (Å²) in [6.45, 7) is 6.35. The summed E-state index contributed by atoms with van der Waals surface area (Å²) in [5.74, 6) is 0.842. The molecular formula is C27H26ClN3O. The van der Waals surface area contributed by atoms with Crippen molar-refractivity contribution in [2.24, 2.45) is 0 Å². The smallest absolute Gasteiger partial charge is 0.258 e. The number of hydrogen-bond donors (Lipinski definition) is 0. The Labute approximate surface area is 194 Å². The molecule has 3 aromatic carbocycles. The van der Waals surface area contributed by atoms with E-state index in [-0.39, 0.29) is 5.91 Å². The second-order valence-corrected chi connectivity index (χ2v) is 8.03. The van der Waals surface area contributed by atoms with Crippen molar-refractivity contribution in [1.29, 1.82) is 0 Å². The van der Waals surface area contributed by atoms with Gasteiger partial charge in [0.25, 0.3) is 5.91 Å². The van der Waals surface area contributed by atoms with Gasteiger partial charge in [-0.25, -0.2) is 4.98 Å². The van der Waals surface area contributed by atoms with Gasteiger partial charge >= 0.3 is 0 Å². The fourth-order valence-corrected chi connectivity index (χ4v) is 3.95. The first-order valence-electron chi connectivity index (χ1n) is 10.9. The number of benzene rings is 3. The lowest BCUT2D eigenvalue weighted by Crippen LogP contribution is -2.31. The largest absolute Gasteiger partial charge is 0.357 e. The Morgan fingerprint density at radius 1 is 0.844 bits per heavy atom. The number of pyridine rings is 1. The van der Waals surface area contributed by atoms with Crippen LogP contribution >= 0.6 is 11.6 Å². The molecule has 0 aliphatic heterocycles. The van der Waals surface area contributed by atoms with Gasteiger partial charge in [-0.3, -0.25) is 4.79 Å². The number of halogens is 1. The molecule has 162 valence electrons. The van der Waals surface area contributed by atoms with Gasteiger partial charge in [-0.15, -0.1) is 0 Å². The van der Waals surface area contributed by atoms with E-state index in [1.165, 1.54) is 0 Å². The number of aromatic nitrogens is 1. The SMILES string of the molecule is CCN(CC)c1cccc(CN(C(=O)c2ccc3ccccc3c2)c2ccc(Cl)cc2)n1. The van der Waals surface area contributed by atoms with Gasteiger partial charge in [-0.2, -0.15) is 0 Å². The maximum atomic E-state index is 13.7. The van der Waals surface area contributed by atoms with Crippen LogP contribution in [-0.4, -0.2) is 24.0 Å². The van der Waals surface area contributed by atoms with Crippen molar-refractivity contribution in [3.05, 3.63) is 101 Å². The molecule has 1 aromatic heterocycles. The van der Waals surface area contributed by atoms with Crippen LogP contribution in [0.15, 0.2) is 84.9 Å². The standard InChI is InChI=1S/C27H26ClN3O/c1-3-30(4-2)26-11-7-10-24(29-26)19-31(25-16-14-23(28)15-17-25)27(32)22-13-12-20-8-5-6-9-21(20)18-22/h5-18H,3-4,19H2,1-2H3. The molecule has 0 aliphatic carbocycles. The fraction of sp³-hybridized carbons (Fsp3) is 0.185. The van der Waals surface area contributed by atoms with E-state index in [0.717, 1.165) is 41.1 Å². The van der Waals surface area contributed by atoms with Crippen molar-refractivity contribution in [2.45, 2.75) is 20.4 Å². The summed E-state index contributed by atoms with van der Waals surface area (Å²) >= 11 is 6.10. The van der Waals surface area contributed by atoms with E-state index in [0.29, 0.717) is 17.1 Å². The zero-order valence-corrected chi connectivity index (χ0v) is 19.1. The number of amides is 1. The molecule has 0 atom stereocenters. The first-order valence-corrected chi connectivity index (χ1v) is 11.2. The van der Waals surface area contributed by atoms with Gasteiger partial charge in [0.2, 0.25) is 0 Å². The van der Waals surface area contributed by atoms with Crippen molar-refractivity contribution in [3.8, 4) is 0 Å². The predicted octanol–water partition coefficient (Wildman–Crippen LogP) is 6.58. The van der Waals surface area contributed by atoms with E-state index >= 15 is 0 Å². The molecule has 32 heavy (non-hydrogen) atoms. The highest BCUT2D eigenvalue weighted by atomic mass is 35.5. The van der Waals surface area contributed by atoms with Crippen LogP contribution in [-0.2, 0) is 6.54 Å². The molecule has 5 heteroatoms. The lowest BCUT2D eigenvalue weighted by Gasteiger charge is -2.25. The van der Waals surface area contributed by atoms with Crippen molar-refractivity contribution >= 4 is 39.8 Å². The molecule has 0 unspecified atom stereocenters. The molecule has 0 radical (unpaired) electrons. The molecule has 4 rings (SSSR count). The third kappa shape index (κ3) is 4.76. The Hall–Kier alpha value is -3.37. The highest BCUT2D eigenvalue weighted by molar-refractivity contribution is 6.30. The maximum Gasteiger partial charge on any atom is 0.258 e. The summed E-state index contributed by atoms with van der Waals surface area (Å²) in [4.78, 5) is 22.4. The Morgan fingerprint density at radius 2 is 1.56 bits per heavy atom. The monoisotopic (exact) mass is 443 g/mol. The molecule has 0 bridgehead atoms. The topological polar surface area (TPSA) is 36.4 Å². The normalized spacial score (nSPS) is 10.8. The second kappa shape index (κ2) is 9.84. The van der Waals surface area contributed by atoms with Crippen LogP contribution < -0.4 is 9.80 Å².